The zero-order valence-corrected chi connectivity index (χ0v) is 24.7. The lowest BCUT2D eigenvalue weighted by atomic mass is 9.85. The number of nitro groups is 1. The van der Waals surface area contributed by atoms with Crippen LogP contribution in [0.4, 0.5) is 24.7 Å². The number of carbonyl (C=O) groups excluding carboxylic acids is 1. The first-order valence-electron chi connectivity index (χ1n) is 14.4. The van der Waals surface area contributed by atoms with Crippen LogP contribution in [0.2, 0.25) is 0 Å². The Bertz CT molecular complexity index is 1600. The summed E-state index contributed by atoms with van der Waals surface area (Å²) in [6, 6.07) is 5.92. The Balaban J connectivity index is 1.43. The highest BCUT2D eigenvalue weighted by Gasteiger charge is 2.33. The van der Waals surface area contributed by atoms with Crippen LogP contribution in [0.1, 0.15) is 60.3 Å². The molecule has 43 heavy (non-hydrogen) atoms. The van der Waals surface area contributed by atoms with Gasteiger partial charge in [-0.2, -0.15) is 13.2 Å². The van der Waals surface area contributed by atoms with Gasteiger partial charge in [-0.05, 0) is 87.5 Å². The standard InChI is InChI=1S/C31H35F3N6O3/c1-18-13-24(21-5-7-22(8-6-21)30(41)39-11-9-38(4)10-12-39)16-27-28(18)36-20(3)37-29(27)35-19(2)23-14-25(31(32,33)34)17-26(15-23)40(42)43/h5,13-17,19,22H,6-12H2,1-4H3,(H,35,36,37)/t19-,22?/m1/s1. The van der Waals surface area contributed by atoms with E-state index >= 15 is 0 Å². The third-order valence-corrected chi connectivity index (χ3v) is 8.38. The molecule has 1 saturated heterocycles. The number of nitrogens with one attached hydrogen (secondary N) is 1. The van der Waals surface area contributed by atoms with Gasteiger partial charge in [0.05, 0.1) is 22.0 Å². The highest BCUT2D eigenvalue weighted by atomic mass is 19.4. The van der Waals surface area contributed by atoms with Gasteiger partial charge in [0.1, 0.15) is 11.6 Å². The van der Waals surface area contributed by atoms with Gasteiger partial charge in [-0.15, -0.1) is 0 Å². The third kappa shape index (κ3) is 6.64. The van der Waals surface area contributed by atoms with Crippen LogP contribution < -0.4 is 5.32 Å². The first-order chi connectivity index (χ1) is 20.3. The van der Waals surface area contributed by atoms with Crippen molar-refractivity contribution in [3.05, 3.63) is 74.6 Å². The largest absolute Gasteiger partial charge is 0.416 e. The number of nitro benzene ring substituents is 1. The maximum atomic E-state index is 13.5. The monoisotopic (exact) mass is 596 g/mol. The molecule has 2 atom stereocenters. The second-order valence-electron chi connectivity index (χ2n) is 11.6. The number of fused-ring (bicyclic) bond motifs is 1. The minimum Gasteiger partial charge on any atom is -0.363 e. The van der Waals surface area contributed by atoms with Gasteiger partial charge in [0, 0.05) is 49.6 Å². The number of aryl methyl sites for hydroxylation is 2. The van der Waals surface area contributed by atoms with Crippen LogP contribution in [-0.2, 0) is 11.0 Å². The summed E-state index contributed by atoms with van der Waals surface area (Å²) in [7, 11) is 2.06. The van der Waals surface area contributed by atoms with Crippen molar-refractivity contribution in [3.8, 4) is 0 Å². The average Bonchev–Trinajstić information content (AvgIpc) is 2.97. The molecule has 9 nitrogen and oxygen atoms in total. The normalized spacial score (nSPS) is 18.8. The fourth-order valence-electron chi connectivity index (χ4n) is 5.86. The molecule has 5 rings (SSSR count). The van der Waals surface area contributed by atoms with Crippen LogP contribution in [-0.4, -0.2) is 63.8 Å². The zero-order chi connectivity index (χ0) is 31.1. The van der Waals surface area contributed by atoms with E-state index in [4.69, 9.17) is 0 Å². The van der Waals surface area contributed by atoms with Gasteiger partial charge < -0.3 is 15.1 Å². The highest BCUT2D eigenvalue weighted by molar-refractivity contribution is 5.94. The van der Waals surface area contributed by atoms with Crippen LogP contribution in [0.15, 0.2) is 36.4 Å². The van der Waals surface area contributed by atoms with Crippen molar-refractivity contribution in [2.45, 2.75) is 52.3 Å². The van der Waals surface area contributed by atoms with Gasteiger partial charge in [0.15, 0.2) is 0 Å². The molecular weight excluding hydrogens is 561 g/mol. The van der Waals surface area contributed by atoms with E-state index in [9.17, 15) is 28.1 Å². The summed E-state index contributed by atoms with van der Waals surface area (Å²) in [5, 5.41) is 15.3. The third-order valence-electron chi connectivity index (χ3n) is 8.38. The summed E-state index contributed by atoms with van der Waals surface area (Å²) >= 11 is 0. The number of likely N-dealkylation sites (N-methyl/N-ethyl adjacent to an activating group) is 1. The Labute approximate surface area is 247 Å². The van der Waals surface area contributed by atoms with E-state index in [1.54, 1.807) is 13.8 Å². The van der Waals surface area contributed by atoms with Crippen molar-refractivity contribution in [1.82, 2.24) is 19.8 Å². The molecular formula is C31H35F3N6O3. The number of hydrogen-bond acceptors (Lipinski definition) is 7. The van der Waals surface area contributed by atoms with Crippen molar-refractivity contribution >= 4 is 33.9 Å². The lowest BCUT2D eigenvalue weighted by Gasteiger charge is -2.35. The van der Waals surface area contributed by atoms with Crippen molar-refractivity contribution in [2.75, 3.05) is 38.5 Å². The summed E-state index contributed by atoms with van der Waals surface area (Å²) in [5.74, 6) is 1.10. The Morgan fingerprint density at radius 1 is 1.09 bits per heavy atom. The molecule has 1 N–H and O–H groups in total. The Kier molecular flexibility index (Phi) is 8.42. The summed E-state index contributed by atoms with van der Waals surface area (Å²) in [6.07, 6.45) is -0.426. The van der Waals surface area contributed by atoms with Crippen LogP contribution in [0, 0.1) is 29.9 Å². The molecule has 2 aromatic carbocycles. The van der Waals surface area contributed by atoms with E-state index in [1.165, 1.54) is 0 Å². The van der Waals surface area contributed by atoms with Crippen molar-refractivity contribution in [3.63, 3.8) is 0 Å². The molecule has 1 aliphatic carbocycles. The molecule has 228 valence electrons. The second kappa shape index (κ2) is 11.9. The minimum absolute atomic E-state index is 0.0331. The predicted molar refractivity (Wildman–Crippen MR) is 159 cm³/mol. The number of halogens is 3. The van der Waals surface area contributed by atoms with Crippen LogP contribution in [0.25, 0.3) is 16.5 Å². The number of amides is 1. The number of piperazine rings is 1. The Morgan fingerprint density at radius 3 is 2.44 bits per heavy atom. The Morgan fingerprint density at radius 2 is 1.81 bits per heavy atom. The van der Waals surface area contributed by atoms with Crippen molar-refractivity contribution in [1.29, 1.82) is 0 Å². The van der Waals surface area contributed by atoms with Gasteiger partial charge >= 0.3 is 6.18 Å². The topological polar surface area (TPSA) is 104 Å². The first-order valence-corrected chi connectivity index (χ1v) is 14.4. The molecule has 1 fully saturated rings. The SMILES string of the molecule is Cc1nc(N[C@H](C)c2cc([N+](=O)[O-])cc(C(F)(F)F)c2)c2cc(C3=CCC(C(=O)N4CCN(C)CC4)CC3)cc(C)c2n1. The van der Waals surface area contributed by atoms with Crippen molar-refractivity contribution in [2.24, 2.45) is 5.92 Å². The van der Waals surface area contributed by atoms with Crippen molar-refractivity contribution < 1.29 is 22.9 Å². The first kappa shape index (κ1) is 30.4. The number of hydrogen-bond donors (Lipinski definition) is 1. The maximum absolute atomic E-state index is 13.5. The second-order valence-corrected chi connectivity index (χ2v) is 11.6. The molecule has 3 aromatic rings. The lowest BCUT2D eigenvalue weighted by molar-refractivity contribution is -0.385. The summed E-state index contributed by atoms with van der Waals surface area (Å²) < 4.78 is 40.5. The summed E-state index contributed by atoms with van der Waals surface area (Å²) in [6.45, 7) is 8.61. The molecule has 1 aromatic heterocycles. The molecule has 1 amide bonds. The predicted octanol–water partition coefficient (Wildman–Crippen LogP) is 6.30. The number of nitrogens with zero attached hydrogens (tertiary/aromatic N) is 5. The van der Waals surface area contributed by atoms with Crippen LogP contribution >= 0.6 is 0 Å². The molecule has 0 saturated carbocycles. The molecule has 0 radical (unpaired) electrons. The number of alkyl halides is 3. The number of carbonyl (C=O) groups is 1. The number of allylic oxidation sites excluding steroid dienone is 2. The van der Waals surface area contributed by atoms with E-state index in [2.05, 4.69) is 39.4 Å². The van der Waals surface area contributed by atoms with E-state index in [0.29, 0.717) is 35.0 Å². The molecule has 2 heterocycles. The van der Waals surface area contributed by atoms with Crippen LogP contribution in [0.3, 0.4) is 0 Å². The average molecular weight is 597 g/mol. The molecule has 0 bridgehead atoms. The number of anilines is 1. The smallest absolute Gasteiger partial charge is 0.363 e. The molecule has 12 heteroatoms. The number of rotatable bonds is 6. The van der Waals surface area contributed by atoms with Gasteiger partial charge in [-0.3, -0.25) is 14.9 Å². The van der Waals surface area contributed by atoms with Gasteiger partial charge in [0.25, 0.3) is 5.69 Å². The Hall–Kier alpha value is -4.06. The van der Waals surface area contributed by atoms with Gasteiger partial charge in [0.2, 0.25) is 5.91 Å². The molecule has 1 aliphatic heterocycles. The van der Waals surface area contributed by atoms with E-state index in [0.717, 1.165) is 67.9 Å². The maximum Gasteiger partial charge on any atom is 0.416 e. The fraction of sp³-hybridized carbons (Fsp3) is 0.452. The van der Waals surface area contributed by atoms with Gasteiger partial charge in [-0.25, -0.2) is 9.97 Å². The fourth-order valence-corrected chi connectivity index (χ4v) is 5.86. The van der Waals surface area contributed by atoms with E-state index < -0.39 is 28.4 Å². The number of non-ortho nitro benzene ring substituents is 1. The molecule has 1 unspecified atom stereocenters. The van der Waals surface area contributed by atoms with Crippen LogP contribution in [0.5, 0.6) is 0 Å². The summed E-state index contributed by atoms with van der Waals surface area (Å²) in [4.78, 5) is 37.0. The minimum atomic E-state index is -4.73. The highest BCUT2D eigenvalue weighted by Crippen LogP contribution is 2.37. The van der Waals surface area contributed by atoms with E-state index in [-0.39, 0.29) is 17.4 Å². The number of benzene rings is 2. The zero-order valence-electron chi connectivity index (χ0n) is 24.7. The summed E-state index contributed by atoms with van der Waals surface area (Å²) in [5.41, 5.74) is 2.13. The molecule has 0 spiro atoms. The van der Waals surface area contributed by atoms with E-state index in [1.807, 2.05) is 17.9 Å². The lowest BCUT2D eigenvalue weighted by Crippen LogP contribution is -2.49. The quantitative estimate of drug-likeness (QED) is 0.263. The number of aromatic nitrogens is 2. The molecule has 2 aliphatic rings. The van der Waals surface area contributed by atoms with Gasteiger partial charge in [-0.1, -0.05) is 6.08 Å².